The first-order valence-corrected chi connectivity index (χ1v) is 5.09. The molecule has 0 radical (unpaired) electrons. The Morgan fingerprint density at radius 3 is 2.56 bits per heavy atom. The average Bonchev–Trinajstić information content (AvgIpc) is 2.58. The molecule has 0 aliphatic rings. The molecule has 0 amide bonds. The van der Waals surface area contributed by atoms with Crippen LogP contribution >= 0.6 is 0 Å². The van der Waals surface area contributed by atoms with E-state index in [1.807, 2.05) is 26.8 Å². The number of aryl methyl sites for hydroxylation is 3. The van der Waals surface area contributed by atoms with Crippen LogP contribution in [0.1, 0.15) is 22.6 Å². The van der Waals surface area contributed by atoms with Crippen LogP contribution in [0.2, 0.25) is 0 Å². The van der Waals surface area contributed by atoms with Gasteiger partial charge in [-0.05, 0) is 26.8 Å². The van der Waals surface area contributed by atoms with Gasteiger partial charge in [-0.1, -0.05) is 0 Å². The molecule has 0 saturated heterocycles. The molecule has 0 aliphatic heterocycles. The first kappa shape index (κ1) is 10.8. The van der Waals surface area contributed by atoms with Crippen molar-refractivity contribution in [3.8, 4) is 5.95 Å². The SMILES string of the molecule is Cc1cc(C)n(-c2ncc(CO)c(C)n2)n1. The normalized spacial score (nSPS) is 10.8. The topological polar surface area (TPSA) is 63.8 Å². The van der Waals surface area contributed by atoms with Crippen molar-refractivity contribution in [3.05, 3.63) is 34.9 Å². The van der Waals surface area contributed by atoms with E-state index in [-0.39, 0.29) is 6.61 Å². The Morgan fingerprint density at radius 2 is 2.06 bits per heavy atom. The highest BCUT2D eigenvalue weighted by Crippen LogP contribution is 2.10. The minimum atomic E-state index is -0.0385. The second-order valence-electron chi connectivity index (χ2n) is 3.78. The molecule has 16 heavy (non-hydrogen) atoms. The standard InChI is InChI=1S/C11H14N4O/c1-7-4-8(2)15(14-7)11-12-5-10(6-16)9(3)13-11/h4-5,16H,6H2,1-3H3. The van der Waals surface area contributed by atoms with Gasteiger partial charge in [0.15, 0.2) is 0 Å². The summed E-state index contributed by atoms with van der Waals surface area (Å²) >= 11 is 0. The molecule has 2 aromatic heterocycles. The summed E-state index contributed by atoms with van der Waals surface area (Å²) in [7, 11) is 0. The van der Waals surface area contributed by atoms with E-state index in [1.165, 1.54) is 0 Å². The van der Waals surface area contributed by atoms with E-state index < -0.39 is 0 Å². The monoisotopic (exact) mass is 218 g/mol. The van der Waals surface area contributed by atoms with Crippen molar-refractivity contribution < 1.29 is 5.11 Å². The van der Waals surface area contributed by atoms with Crippen molar-refractivity contribution in [2.45, 2.75) is 27.4 Å². The maximum atomic E-state index is 9.04. The maximum absolute atomic E-state index is 9.04. The van der Waals surface area contributed by atoms with Gasteiger partial charge in [-0.2, -0.15) is 5.10 Å². The van der Waals surface area contributed by atoms with Gasteiger partial charge in [0.1, 0.15) is 0 Å². The van der Waals surface area contributed by atoms with Gasteiger partial charge in [0.25, 0.3) is 5.95 Å². The molecule has 2 aromatic rings. The van der Waals surface area contributed by atoms with Crippen LogP contribution < -0.4 is 0 Å². The Balaban J connectivity index is 2.49. The lowest BCUT2D eigenvalue weighted by Crippen LogP contribution is -2.07. The van der Waals surface area contributed by atoms with Crippen LogP contribution in [-0.4, -0.2) is 24.9 Å². The maximum Gasteiger partial charge on any atom is 0.250 e. The highest BCUT2D eigenvalue weighted by molar-refractivity contribution is 5.23. The molecule has 0 fully saturated rings. The summed E-state index contributed by atoms with van der Waals surface area (Å²) in [6.07, 6.45) is 1.63. The first-order valence-electron chi connectivity index (χ1n) is 5.09. The summed E-state index contributed by atoms with van der Waals surface area (Å²) in [4.78, 5) is 8.50. The van der Waals surface area contributed by atoms with Crippen LogP contribution in [-0.2, 0) is 6.61 Å². The van der Waals surface area contributed by atoms with Crippen LogP contribution in [0.25, 0.3) is 5.95 Å². The largest absolute Gasteiger partial charge is 0.392 e. The van der Waals surface area contributed by atoms with Crippen molar-refractivity contribution >= 4 is 0 Å². The number of hydrogen-bond acceptors (Lipinski definition) is 4. The molecule has 0 aromatic carbocycles. The van der Waals surface area contributed by atoms with Crippen LogP contribution in [0.4, 0.5) is 0 Å². The number of aliphatic hydroxyl groups is 1. The second kappa shape index (κ2) is 4.02. The molecule has 0 bridgehead atoms. The van der Waals surface area contributed by atoms with Crippen molar-refractivity contribution in [2.24, 2.45) is 0 Å². The number of rotatable bonds is 2. The predicted octanol–water partition coefficient (Wildman–Crippen LogP) is 1.08. The molecule has 2 heterocycles. The fraction of sp³-hybridized carbons (Fsp3) is 0.364. The van der Waals surface area contributed by atoms with Gasteiger partial charge in [0, 0.05) is 23.1 Å². The summed E-state index contributed by atoms with van der Waals surface area (Å²) in [5.74, 6) is 0.542. The van der Waals surface area contributed by atoms with Gasteiger partial charge in [0.2, 0.25) is 0 Å². The minimum Gasteiger partial charge on any atom is -0.392 e. The lowest BCUT2D eigenvalue weighted by atomic mass is 10.3. The first-order chi connectivity index (χ1) is 7.61. The molecule has 1 N–H and O–H groups in total. The molecular weight excluding hydrogens is 204 g/mol. The fourth-order valence-corrected chi connectivity index (χ4v) is 1.57. The third-order valence-corrected chi connectivity index (χ3v) is 2.44. The van der Waals surface area contributed by atoms with Gasteiger partial charge in [-0.3, -0.25) is 0 Å². The Kier molecular flexibility index (Phi) is 2.70. The van der Waals surface area contributed by atoms with Crippen molar-refractivity contribution in [3.63, 3.8) is 0 Å². The highest BCUT2D eigenvalue weighted by Gasteiger charge is 2.08. The molecule has 0 unspecified atom stereocenters. The molecule has 84 valence electrons. The number of aromatic nitrogens is 4. The number of hydrogen-bond donors (Lipinski definition) is 1. The third-order valence-electron chi connectivity index (χ3n) is 2.44. The molecule has 0 spiro atoms. The Morgan fingerprint density at radius 1 is 1.31 bits per heavy atom. The zero-order valence-electron chi connectivity index (χ0n) is 9.60. The van der Waals surface area contributed by atoms with Gasteiger partial charge < -0.3 is 5.11 Å². The van der Waals surface area contributed by atoms with Crippen molar-refractivity contribution in [1.82, 2.24) is 19.7 Å². The van der Waals surface area contributed by atoms with E-state index in [2.05, 4.69) is 15.1 Å². The Bertz CT molecular complexity index is 519. The summed E-state index contributed by atoms with van der Waals surface area (Å²) in [5, 5.41) is 13.3. The van der Waals surface area contributed by atoms with Gasteiger partial charge in [-0.25, -0.2) is 14.6 Å². The van der Waals surface area contributed by atoms with E-state index >= 15 is 0 Å². The summed E-state index contributed by atoms with van der Waals surface area (Å²) < 4.78 is 1.70. The second-order valence-corrected chi connectivity index (χ2v) is 3.78. The van der Waals surface area contributed by atoms with Crippen LogP contribution in [0.5, 0.6) is 0 Å². The zero-order chi connectivity index (χ0) is 11.7. The molecule has 5 nitrogen and oxygen atoms in total. The lowest BCUT2D eigenvalue weighted by molar-refractivity contribution is 0.280. The molecular formula is C11H14N4O. The van der Waals surface area contributed by atoms with E-state index in [0.29, 0.717) is 5.95 Å². The van der Waals surface area contributed by atoms with Crippen LogP contribution in [0, 0.1) is 20.8 Å². The van der Waals surface area contributed by atoms with Gasteiger partial charge in [0.05, 0.1) is 12.3 Å². The van der Waals surface area contributed by atoms with E-state index in [0.717, 1.165) is 22.6 Å². The molecule has 0 aliphatic carbocycles. The van der Waals surface area contributed by atoms with Crippen LogP contribution in [0.15, 0.2) is 12.3 Å². The minimum absolute atomic E-state index is 0.0385. The fourth-order valence-electron chi connectivity index (χ4n) is 1.57. The highest BCUT2D eigenvalue weighted by atomic mass is 16.3. The summed E-state index contributed by atoms with van der Waals surface area (Å²) in [5.41, 5.74) is 3.45. The van der Waals surface area contributed by atoms with Gasteiger partial charge in [-0.15, -0.1) is 0 Å². The van der Waals surface area contributed by atoms with Crippen LogP contribution in [0.3, 0.4) is 0 Å². The van der Waals surface area contributed by atoms with Crippen molar-refractivity contribution in [2.75, 3.05) is 0 Å². The van der Waals surface area contributed by atoms with E-state index in [1.54, 1.807) is 10.9 Å². The average molecular weight is 218 g/mol. The van der Waals surface area contributed by atoms with E-state index in [4.69, 9.17) is 5.11 Å². The van der Waals surface area contributed by atoms with E-state index in [9.17, 15) is 0 Å². The smallest absolute Gasteiger partial charge is 0.250 e. The zero-order valence-corrected chi connectivity index (χ0v) is 9.60. The van der Waals surface area contributed by atoms with Crippen molar-refractivity contribution in [1.29, 1.82) is 0 Å². The summed E-state index contributed by atoms with van der Waals surface area (Å²) in [6, 6.07) is 1.97. The molecule has 0 saturated carbocycles. The predicted molar refractivity (Wildman–Crippen MR) is 59.3 cm³/mol. The molecule has 2 rings (SSSR count). The quantitative estimate of drug-likeness (QED) is 0.819. The Hall–Kier alpha value is -1.75. The third kappa shape index (κ3) is 1.81. The van der Waals surface area contributed by atoms with Gasteiger partial charge >= 0.3 is 0 Å². The Labute approximate surface area is 93.8 Å². The lowest BCUT2D eigenvalue weighted by Gasteiger charge is -2.05. The molecule has 5 heteroatoms. The number of nitrogens with zero attached hydrogens (tertiary/aromatic N) is 4. The molecule has 0 atom stereocenters. The number of aliphatic hydroxyl groups excluding tert-OH is 1. The summed E-state index contributed by atoms with van der Waals surface area (Å²) in [6.45, 7) is 5.70.